The number of hydrogen-bond acceptors (Lipinski definition) is 3. The number of imidazole rings is 1. The van der Waals surface area contributed by atoms with Crippen molar-refractivity contribution >= 4 is 22.0 Å². The molecule has 4 nitrogen and oxygen atoms in total. The Morgan fingerprint density at radius 3 is 2.80 bits per heavy atom. The van der Waals surface area contributed by atoms with Crippen LogP contribution in [0.1, 0.15) is 0 Å². The van der Waals surface area contributed by atoms with Gasteiger partial charge in [0.1, 0.15) is 11.4 Å². The van der Waals surface area contributed by atoms with Crippen molar-refractivity contribution in [2.24, 2.45) is 0 Å². The van der Waals surface area contributed by atoms with Gasteiger partial charge in [-0.3, -0.25) is 0 Å². The Morgan fingerprint density at radius 2 is 1.90 bits per heavy atom. The molecule has 0 aliphatic carbocycles. The highest BCUT2D eigenvalue weighted by molar-refractivity contribution is 5.84. The van der Waals surface area contributed by atoms with Gasteiger partial charge in [-0.15, -0.1) is 0 Å². The fourth-order valence-corrected chi connectivity index (χ4v) is 2.31. The van der Waals surface area contributed by atoms with Gasteiger partial charge in [0.2, 0.25) is 0 Å². The molecule has 4 heteroatoms. The standard InChI is InChI=1S/C16H10N2O2/c19-15-8-6-10-9-11(5-7-14(10)20-15)16-17-12-3-1-2-4-13(12)18-16/h1-9H,(H,17,18). The lowest BCUT2D eigenvalue weighted by molar-refractivity contribution is 0.561. The number of aromatic amines is 1. The van der Waals surface area contributed by atoms with E-state index >= 15 is 0 Å². The highest BCUT2D eigenvalue weighted by Gasteiger charge is 2.06. The van der Waals surface area contributed by atoms with Crippen LogP contribution >= 0.6 is 0 Å². The van der Waals surface area contributed by atoms with Crippen molar-refractivity contribution in [1.29, 1.82) is 0 Å². The van der Waals surface area contributed by atoms with E-state index in [0.717, 1.165) is 27.8 Å². The van der Waals surface area contributed by atoms with Crippen molar-refractivity contribution < 1.29 is 4.42 Å². The summed E-state index contributed by atoms with van der Waals surface area (Å²) in [7, 11) is 0. The van der Waals surface area contributed by atoms with Crippen molar-refractivity contribution in [2.45, 2.75) is 0 Å². The van der Waals surface area contributed by atoms with Gasteiger partial charge in [0.05, 0.1) is 11.0 Å². The largest absolute Gasteiger partial charge is 0.423 e. The molecule has 0 saturated heterocycles. The topological polar surface area (TPSA) is 58.9 Å². The lowest BCUT2D eigenvalue weighted by Gasteiger charge is -1.99. The average Bonchev–Trinajstić information content (AvgIpc) is 2.90. The second kappa shape index (κ2) is 4.06. The highest BCUT2D eigenvalue weighted by atomic mass is 16.4. The van der Waals surface area contributed by atoms with Crippen molar-refractivity contribution in [3.63, 3.8) is 0 Å². The number of hydrogen-bond donors (Lipinski definition) is 1. The van der Waals surface area contributed by atoms with Crippen molar-refractivity contribution in [3.8, 4) is 11.4 Å². The summed E-state index contributed by atoms with van der Waals surface area (Å²) in [5.74, 6) is 0.805. The second-order valence-electron chi connectivity index (χ2n) is 4.61. The van der Waals surface area contributed by atoms with Crippen LogP contribution in [0.4, 0.5) is 0 Å². The SMILES string of the molecule is O=c1ccc2cc(-c3nc4ccccc4[nH]3)ccc2o1. The van der Waals surface area contributed by atoms with Crippen LogP contribution in [0.15, 0.2) is 63.8 Å². The highest BCUT2D eigenvalue weighted by Crippen LogP contribution is 2.23. The molecule has 0 radical (unpaired) electrons. The van der Waals surface area contributed by atoms with Gasteiger partial charge in [-0.25, -0.2) is 9.78 Å². The van der Waals surface area contributed by atoms with Crippen LogP contribution in [0.2, 0.25) is 0 Å². The first-order valence-electron chi connectivity index (χ1n) is 6.29. The van der Waals surface area contributed by atoms with Gasteiger partial charge in [-0.1, -0.05) is 12.1 Å². The lowest BCUT2D eigenvalue weighted by Crippen LogP contribution is -1.94. The summed E-state index contributed by atoms with van der Waals surface area (Å²) < 4.78 is 5.13. The van der Waals surface area contributed by atoms with Gasteiger partial charge >= 0.3 is 5.63 Å². The van der Waals surface area contributed by atoms with E-state index in [9.17, 15) is 4.79 Å². The zero-order valence-corrected chi connectivity index (χ0v) is 10.5. The lowest BCUT2D eigenvalue weighted by atomic mass is 10.1. The van der Waals surface area contributed by atoms with Gasteiger partial charge in [0.15, 0.2) is 0 Å². The summed E-state index contributed by atoms with van der Waals surface area (Å²) in [6, 6.07) is 16.7. The van der Waals surface area contributed by atoms with Gasteiger partial charge in [-0.05, 0) is 36.4 Å². The van der Waals surface area contributed by atoms with Crippen molar-refractivity contribution in [3.05, 3.63) is 65.0 Å². The summed E-state index contributed by atoms with van der Waals surface area (Å²) in [6.45, 7) is 0. The number of nitrogens with zero attached hydrogens (tertiary/aromatic N) is 1. The Morgan fingerprint density at radius 1 is 1.00 bits per heavy atom. The average molecular weight is 262 g/mol. The number of benzene rings is 2. The van der Waals surface area contributed by atoms with Crippen molar-refractivity contribution in [2.75, 3.05) is 0 Å². The zero-order valence-electron chi connectivity index (χ0n) is 10.5. The first-order valence-corrected chi connectivity index (χ1v) is 6.29. The molecule has 0 saturated carbocycles. The van der Waals surface area contributed by atoms with E-state index in [1.807, 2.05) is 36.4 Å². The molecule has 20 heavy (non-hydrogen) atoms. The molecule has 4 aromatic rings. The van der Waals surface area contributed by atoms with Gasteiger partial charge in [0.25, 0.3) is 0 Å². The molecule has 0 spiro atoms. The maximum absolute atomic E-state index is 11.2. The Hall–Kier alpha value is -2.88. The van der Waals surface area contributed by atoms with Crippen molar-refractivity contribution in [1.82, 2.24) is 9.97 Å². The molecule has 4 rings (SSSR count). The molecule has 0 amide bonds. The van der Waals surface area contributed by atoms with Gasteiger partial charge in [-0.2, -0.15) is 0 Å². The van der Waals surface area contributed by atoms with Crippen LogP contribution in [0.5, 0.6) is 0 Å². The quantitative estimate of drug-likeness (QED) is 0.535. The number of para-hydroxylation sites is 2. The number of nitrogens with one attached hydrogen (secondary N) is 1. The predicted molar refractivity (Wildman–Crippen MR) is 77.6 cm³/mol. The van der Waals surface area contributed by atoms with E-state index in [4.69, 9.17) is 4.42 Å². The first-order chi connectivity index (χ1) is 9.79. The van der Waals surface area contributed by atoms with E-state index in [1.165, 1.54) is 6.07 Å². The Kier molecular flexibility index (Phi) is 2.23. The van der Waals surface area contributed by atoms with Crippen LogP contribution < -0.4 is 5.63 Å². The zero-order chi connectivity index (χ0) is 13.5. The number of fused-ring (bicyclic) bond motifs is 2. The first kappa shape index (κ1) is 11.0. The number of aromatic nitrogens is 2. The Labute approximate surface area is 113 Å². The monoisotopic (exact) mass is 262 g/mol. The van der Waals surface area contributed by atoms with Crippen LogP contribution in [0.3, 0.4) is 0 Å². The third-order valence-corrected chi connectivity index (χ3v) is 3.28. The van der Waals surface area contributed by atoms with E-state index < -0.39 is 0 Å². The fourth-order valence-electron chi connectivity index (χ4n) is 2.31. The predicted octanol–water partition coefficient (Wildman–Crippen LogP) is 3.34. The molecule has 0 fully saturated rings. The van der Waals surface area contributed by atoms with E-state index in [-0.39, 0.29) is 5.63 Å². The molecule has 0 aliphatic rings. The summed E-state index contributed by atoms with van der Waals surface area (Å²) in [6.07, 6.45) is 0. The summed E-state index contributed by atoms with van der Waals surface area (Å²) in [5, 5.41) is 0.877. The molecule has 96 valence electrons. The molecule has 1 N–H and O–H groups in total. The molecule has 2 heterocycles. The van der Waals surface area contributed by atoms with Crippen LogP contribution in [-0.2, 0) is 0 Å². The van der Waals surface area contributed by atoms with E-state index in [1.54, 1.807) is 12.1 Å². The maximum atomic E-state index is 11.2. The Balaban J connectivity index is 1.92. The molecular weight excluding hydrogens is 252 g/mol. The molecular formula is C16H10N2O2. The molecule has 2 aromatic heterocycles. The van der Waals surface area contributed by atoms with Crippen LogP contribution in [-0.4, -0.2) is 9.97 Å². The summed E-state index contributed by atoms with van der Waals surface area (Å²) in [4.78, 5) is 19.0. The number of H-pyrrole nitrogens is 1. The second-order valence-corrected chi connectivity index (χ2v) is 4.61. The molecule has 0 atom stereocenters. The van der Waals surface area contributed by atoms with Crippen LogP contribution in [0, 0.1) is 0 Å². The van der Waals surface area contributed by atoms with Gasteiger partial charge < -0.3 is 9.40 Å². The minimum Gasteiger partial charge on any atom is -0.423 e. The minimum atomic E-state index is -0.339. The molecule has 0 unspecified atom stereocenters. The minimum absolute atomic E-state index is 0.339. The summed E-state index contributed by atoms with van der Waals surface area (Å²) in [5.41, 5.74) is 3.14. The molecule has 2 aromatic carbocycles. The summed E-state index contributed by atoms with van der Waals surface area (Å²) >= 11 is 0. The van der Waals surface area contributed by atoms with Crippen LogP contribution in [0.25, 0.3) is 33.4 Å². The maximum Gasteiger partial charge on any atom is 0.336 e. The third kappa shape index (κ3) is 1.70. The Bertz CT molecular complexity index is 949. The van der Waals surface area contributed by atoms with Gasteiger partial charge in [0, 0.05) is 17.0 Å². The molecule has 0 bridgehead atoms. The normalized spacial score (nSPS) is 11.2. The number of rotatable bonds is 1. The fraction of sp³-hybridized carbons (Fsp3) is 0. The smallest absolute Gasteiger partial charge is 0.336 e. The third-order valence-electron chi connectivity index (χ3n) is 3.28. The molecule has 0 aliphatic heterocycles. The van der Waals surface area contributed by atoms with E-state index in [2.05, 4.69) is 9.97 Å². The van der Waals surface area contributed by atoms with E-state index in [0.29, 0.717) is 5.58 Å².